The third-order valence-corrected chi connectivity index (χ3v) is 0.992. The van der Waals surface area contributed by atoms with Gasteiger partial charge in [0.05, 0.1) is 0 Å². The van der Waals surface area contributed by atoms with Gasteiger partial charge in [-0.15, -0.1) is 0 Å². The monoisotopic (exact) mass is 130 g/mol. The second-order valence-corrected chi connectivity index (χ2v) is 1.98. The molecule has 54 valence electrons. The first-order valence-corrected chi connectivity index (χ1v) is 3.39. The average molecular weight is 130 g/mol. The number of rotatable bonds is 5. The molecule has 0 unspecified atom stereocenters. The smallest absolute Gasteiger partial charge is 0.373 e. The predicted molar refractivity (Wildman–Crippen MR) is 40.4 cm³/mol. The van der Waals surface area contributed by atoms with Crippen LogP contribution in [0.4, 0.5) is 0 Å². The molecule has 0 radical (unpaired) electrons. The Kier molecular flexibility index (Phi) is 6.03. The quantitative estimate of drug-likeness (QED) is 0.340. The second kappa shape index (κ2) is 6.07. The van der Waals surface area contributed by atoms with Gasteiger partial charge in [0.1, 0.15) is 0 Å². The van der Waals surface area contributed by atoms with Crippen LogP contribution >= 0.6 is 0 Å². The number of hydrogen-bond acceptors (Lipinski definition) is 3. The SMILES string of the molecule is CCNCCNB(C)O. The van der Waals surface area contributed by atoms with E-state index < -0.39 is 0 Å². The van der Waals surface area contributed by atoms with Crippen LogP contribution in [0.2, 0.25) is 6.82 Å². The van der Waals surface area contributed by atoms with Crippen molar-refractivity contribution in [2.45, 2.75) is 13.7 Å². The Morgan fingerprint density at radius 1 is 1.44 bits per heavy atom. The summed E-state index contributed by atoms with van der Waals surface area (Å²) in [6.45, 7) is 6.50. The summed E-state index contributed by atoms with van der Waals surface area (Å²) in [5, 5.41) is 14.7. The molecule has 0 aliphatic heterocycles. The highest BCUT2D eigenvalue weighted by Gasteiger charge is 1.97. The third kappa shape index (κ3) is 7.94. The molecule has 0 fully saturated rings. The Labute approximate surface area is 57.0 Å². The Morgan fingerprint density at radius 2 is 2.11 bits per heavy atom. The highest BCUT2D eigenvalue weighted by Crippen LogP contribution is 1.63. The van der Waals surface area contributed by atoms with E-state index in [2.05, 4.69) is 17.5 Å². The van der Waals surface area contributed by atoms with Crippen LogP contribution < -0.4 is 10.5 Å². The Hall–Kier alpha value is -0.0551. The summed E-state index contributed by atoms with van der Waals surface area (Å²) >= 11 is 0. The van der Waals surface area contributed by atoms with Gasteiger partial charge in [-0.3, -0.25) is 0 Å². The molecule has 0 saturated heterocycles. The summed E-state index contributed by atoms with van der Waals surface area (Å²) in [5.41, 5.74) is 0. The van der Waals surface area contributed by atoms with Crippen molar-refractivity contribution in [3.05, 3.63) is 0 Å². The van der Waals surface area contributed by atoms with Gasteiger partial charge in [-0.25, -0.2) is 0 Å². The molecule has 9 heavy (non-hydrogen) atoms. The van der Waals surface area contributed by atoms with Crippen molar-refractivity contribution in [2.24, 2.45) is 0 Å². The normalized spacial score (nSPS) is 9.67. The molecule has 0 aromatic carbocycles. The van der Waals surface area contributed by atoms with E-state index in [1.165, 1.54) is 0 Å². The zero-order chi connectivity index (χ0) is 7.11. The summed E-state index contributed by atoms with van der Waals surface area (Å²) in [7, 11) is -0.386. The van der Waals surface area contributed by atoms with Crippen LogP contribution in [0.25, 0.3) is 0 Å². The summed E-state index contributed by atoms with van der Waals surface area (Å²) in [4.78, 5) is 0. The molecule has 3 N–H and O–H groups in total. The first-order valence-electron chi connectivity index (χ1n) is 3.39. The summed E-state index contributed by atoms with van der Waals surface area (Å²) < 4.78 is 0. The fourth-order valence-corrected chi connectivity index (χ4v) is 0.546. The number of hydrogen-bond donors (Lipinski definition) is 3. The van der Waals surface area contributed by atoms with E-state index in [0.717, 1.165) is 19.6 Å². The van der Waals surface area contributed by atoms with Crippen molar-refractivity contribution in [1.82, 2.24) is 10.5 Å². The van der Waals surface area contributed by atoms with Crippen LogP contribution in [0.3, 0.4) is 0 Å². The molecule has 0 heterocycles. The highest BCUT2D eigenvalue weighted by atomic mass is 16.2. The van der Waals surface area contributed by atoms with Gasteiger partial charge in [0, 0.05) is 6.54 Å². The van der Waals surface area contributed by atoms with E-state index in [1.54, 1.807) is 6.82 Å². The van der Waals surface area contributed by atoms with Crippen molar-refractivity contribution in [3.63, 3.8) is 0 Å². The first kappa shape index (κ1) is 8.94. The molecule has 0 saturated carbocycles. The van der Waals surface area contributed by atoms with Gasteiger partial charge in [-0.2, -0.15) is 0 Å². The fourth-order valence-electron chi connectivity index (χ4n) is 0.546. The van der Waals surface area contributed by atoms with E-state index in [-0.39, 0.29) is 7.05 Å². The standard InChI is InChI=1S/C5H15BN2O/c1-3-7-4-5-8-6(2)9/h7-9H,3-5H2,1-2H3. The van der Waals surface area contributed by atoms with Gasteiger partial charge >= 0.3 is 7.05 Å². The molecule has 0 amide bonds. The lowest BCUT2D eigenvalue weighted by Gasteiger charge is -2.03. The minimum absolute atomic E-state index is 0.386. The van der Waals surface area contributed by atoms with Crippen LogP contribution in [-0.2, 0) is 0 Å². The van der Waals surface area contributed by atoms with Crippen molar-refractivity contribution in [2.75, 3.05) is 19.6 Å². The third-order valence-electron chi connectivity index (χ3n) is 0.992. The Morgan fingerprint density at radius 3 is 2.56 bits per heavy atom. The van der Waals surface area contributed by atoms with Crippen molar-refractivity contribution in [3.8, 4) is 0 Å². The molecule has 4 heteroatoms. The maximum atomic E-state index is 8.71. The summed E-state index contributed by atoms with van der Waals surface area (Å²) in [5.74, 6) is 0. The molecular formula is C5H15BN2O. The molecule has 0 aromatic heterocycles. The Balaban J connectivity index is 2.75. The molecule has 0 aliphatic carbocycles. The maximum Gasteiger partial charge on any atom is 0.373 e. The van der Waals surface area contributed by atoms with Crippen molar-refractivity contribution in [1.29, 1.82) is 0 Å². The first-order chi connectivity index (χ1) is 4.27. The zero-order valence-electron chi connectivity index (χ0n) is 6.15. The van der Waals surface area contributed by atoms with E-state index >= 15 is 0 Å². The van der Waals surface area contributed by atoms with Crippen LogP contribution in [0.15, 0.2) is 0 Å². The van der Waals surface area contributed by atoms with Gasteiger partial charge < -0.3 is 15.6 Å². The zero-order valence-corrected chi connectivity index (χ0v) is 6.15. The maximum absolute atomic E-state index is 8.71. The van der Waals surface area contributed by atoms with E-state index in [9.17, 15) is 0 Å². The highest BCUT2D eigenvalue weighted by molar-refractivity contribution is 6.45. The summed E-state index contributed by atoms with van der Waals surface area (Å²) in [6.07, 6.45) is 0. The lowest BCUT2D eigenvalue weighted by atomic mass is 9.89. The topological polar surface area (TPSA) is 44.3 Å². The van der Waals surface area contributed by atoms with Crippen molar-refractivity contribution < 1.29 is 5.02 Å². The van der Waals surface area contributed by atoms with Crippen LogP contribution in [-0.4, -0.2) is 31.7 Å². The van der Waals surface area contributed by atoms with Crippen LogP contribution in [0, 0.1) is 0 Å². The van der Waals surface area contributed by atoms with E-state index in [0.29, 0.717) is 0 Å². The van der Waals surface area contributed by atoms with Crippen molar-refractivity contribution >= 4 is 7.05 Å². The average Bonchev–Trinajstić information content (AvgIpc) is 1.80. The molecule has 0 spiro atoms. The van der Waals surface area contributed by atoms with E-state index in [1.807, 2.05) is 0 Å². The largest absolute Gasteiger partial charge is 0.437 e. The minimum atomic E-state index is -0.386. The fraction of sp³-hybridized carbons (Fsp3) is 1.00. The molecular weight excluding hydrogens is 115 g/mol. The number of likely N-dealkylation sites (N-methyl/N-ethyl adjacent to an activating group) is 1. The summed E-state index contributed by atoms with van der Waals surface area (Å²) in [6, 6.07) is 0. The van der Waals surface area contributed by atoms with Gasteiger partial charge in [0.15, 0.2) is 0 Å². The Bertz CT molecular complexity index is 60.9. The lowest BCUT2D eigenvalue weighted by molar-refractivity contribution is 0.549. The molecule has 0 atom stereocenters. The molecule has 0 rings (SSSR count). The van der Waals surface area contributed by atoms with E-state index in [4.69, 9.17) is 5.02 Å². The van der Waals surface area contributed by atoms with Gasteiger partial charge in [0.25, 0.3) is 0 Å². The molecule has 3 nitrogen and oxygen atoms in total. The molecule has 0 bridgehead atoms. The minimum Gasteiger partial charge on any atom is -0.437 e. The van der Waals surface area contributed by atoms with Crippen LogP contribution in [0.1, 0.15) is 6.92 Å². The van der Waals surface area contributed by atoms with Gasteiger partial charge in [-0.05, 0) is 19.9 Å². The predicted octanol–water partition coefficient (Wildman–Crippen LogP) is -0.704. The number of nitrogens with one attached hydrogen (secondary N) is 2. The van der Waals surface area contributed by atoms with Gasteiger partial charge in [0.2, 0.25) is 0 Å². The van der Waals surface area contributed by atoms with Crippen LogP contribution in [0.5, 0.6) is 0 Å². The van der Waals surface area contributed by atoms with Gasteiger partial charge in [-0.1, -0.05) is 6.92 Å². The molecule has 0 aliphatic rings. The molecule has 0 aromatic rings. The second-order valence-electron chi connectivity index (χ2n) is 1.98. The lowest BCUT2D eigenvalue weighted by Crippen LogP contribution is -2.36.